The number of rotatable bonds is 2. The van der Waals surface area contributed by atoms with Crippen molar-refractivity contribution in [1.82, 2.24) is 5.32 Å². The number of nitrogens with zero attached hydrogens (tertiary/aromatic N) is 1. The van der Waals surface area contributed by atoms with Gasteiger partial charge in [-0.05, 0) is 25.1 Å². The van der Waals surface area contributed by atoms with Crippen LogP contribution in [0.5, 0.6) is 0 Å². The summed E-state index contributed by atoms with van der Waals surface area (Å²) < 4.78 is 0. The number of carboxylic acids is 1. The van der Waals surface area contributed by atoms with Gasteiger partial charge in [0, 0.05) is 5.69 Å². The minimum absolute atomic E-state index is 0.0224. The van der Waals surface area contributed by atoms with Crippen molar-refractivity contribution < 1.29 is 19.5 Å². The molecule has 100 valence electrons. The number of benzene rings is 1. The highest BCUT2D eigenvalue weighted by Gasteiger charge is 2.30. The zero-order valence-electron chi connectivity index (χ0n) is 10.0. The van der Waals surface area contributed by atoms with Gasteiger partial charge in [0.1, 0.15) is 6.04 Å². The Bertz CT molecular complexity index is 573. The summed E-state index contributed by atoms with van der Waals surface area (Å²) in [5.41, 5.74) is 0.511. The Hall–Kier alpha value is -2.08. The van der Waals surface area contributed by atoms with Crippen LogP contribution in [-0.2, 0) is 9.59 Å². The average molecular weight is 283 g/mol. The Morgan fingerprint density at radius 1 is 1.47 bits per heavy atom. The highest BCUT2D eigenvalue weighted by molar-refractivity contribution is 6.33. The normalized spacial score (nSPS) is 19.3. The monoisotopic (exact) mass is 282 g/mol. The minimum atomic E-state index is -1.13. The summed E-state index contributed by atoms with van der Waals surface area (Å²) in [4.78, 5) is 35.3. The van der Waals surface area contributed by atoms with Crippen LogP contribution in [-0.4, -0.2) is 35.5 Å². The van der Waals surface area contributed by atoms with Gasteiger partial charge in [0.15, 0.2) is 0 Å². The lowest BCUT2D eigenvalue weighted by atomic mass is 10.1. The van der Waals surface area contributed by atoms with Gasteiger partial charge in [0.2, 0.25) is 11.8 Å². The van der Waals surface area contributed by atoms with E-state index in [2.05, 4.69) is 5.32 Å². The molecule has 2 N–H and O–H groups in total. The lowest BCUT2D eigenvalue weighted by Gasteiger charge is -2.33. The maximum absolute atomic E-state index is 11.5. The second-order valence-electron chi connectivity index (χ2n) is 4.19. The number of carbonyl (C=O) groups is 3. The van der Waals surface area contributed by atoms with E-state index in [0.29, 0.717) is 5.69 Å². The molecule has 19 heavy (non-hydrogen) atoms. The molecule has 1 heterocycles. The number of carboxylic acid groups (broad SMARTS) is 1. The highest BCUT2D eigenvalue weighted by atomic mass is 35.5. The number of aromatic carboxylic acids is 1. The highest BCUT2D eigenvalue weighted by Crippen LogP contribution is 2.26. The molecule has 0 saturated carbocycles. The van der Waals surface area contributed by atoms with Crippen molar-refractivity contribution >= 4 is 35.1 Å². The first kappa shape index (κ1) is 13.4. The molecule has 0 aromatic heterocycles. The summed E-state index contributed by atoms with van der Waals surface area (Å²) in [5, 5.41) is 11.2. The molecule has 2 rings (SSSR count). The van der Waals surface area contributed by atoms with Crippen LogP contribution in [0.25, 0.3) is 0 Å². The molecule has 0 aliphatic carbocycles. The minimum Gasteiger partial charge on any atom is -0.478 e. The molecule has 1 aliphatic rings. The van der Waals surface area contributed by atoms with E-state index in [9.17, 15) is 14.4 Å². The molecule has 7 heteroatoms. The average Bonchev–Trinajstić information content (AvgIpc) is 2.33. The molecule has 6 nitrogen and oxygen atoms in total. The van der Waals surface area contributed by atoms with Crippen LogP contribution in [0.4, 0.5) is 5.69 Å². The van der Waals surface area contributed by atoms with Crippen molar-refractivity contribution in [1.29, 1.82) is 0 Å². The number of anilines is 1. The second kappa shape index (κ2) is 4.89. The van der Waals surface area contributed by atoms with Crippen molar-refractivity contribution in [3.05, 3.63) is 28.8 Å². The summed E-state index contributed by atoms with van der Waals surface area (Å²) in [6.07, 6.45) is 0. The van der Waals surface area contributed by atoms with Gasteiger partial charge in [-0.25, -0.2) is 4.79 Å². The third-order valence-electron chi connectivity index (χ3n) is 2.94. The van der Waals surface area contributed by atoms with E-state index in [0.717, 1.165) is 0 Å². The fourth-order valence-corrected chi connectivity index (χ4v) is 2.14. The predicted octanol–water partition coefficient (Wildman–Crippen LogP) is 0.890. The van der Waals surface area contributed by atoms with E-state index in [4.69, 9.17) is 16.7 Å². The Balaban J connectivity index is 2.36. The quantitative estimate of drug-likeness (QED) is 0.787. The first-order valence-corrected chi connectivity index (χ1v) is 5.91. The third-order valence-corrected chi connectivity index (χ3v) is 3.25. The predicted molar refractivity (Wildman–Crippen MR) is 68.4 cm³/mol. The van der Waals surface area contributed by atoms with Gasteiger partial charge < -0.3 is 10.0 Å². The largest absolute Gasteiger partial charge is 0.478 e. The van der Waals surface area contributed by atoms with Crippen LogP contribution in [0, 0.1) is 0 Å². The van der Waals surface area contributed by atoms with Crippen molar-refractivity contribution in [2.24, 2.45) is 0 Å². The molecule has 0 radical (unpaired) electrons. The molecular formula is C12H11ClN2O4. The standard InChI is InChI=1S/C12H11ClN2O4/c1-6-11(17)14-10(16)5-15(6)7-2-3-8(12(18)19)9(13)4-7/h2-4,6H,5H2,1H3,(H,18,19)(H,14,16,17). The number of nitrogens with one attached hydrogen (secondary N) is 1. The number of imide groups is 1. The zero-order valence-corrected chi connectivity index (χ0v) is 10.8. The summed E-state index contributed by atoms with van der Waals surface area (Å²) >= 11 is 5.87. The Morgan fingerprint density at radius 2 is 2.16 bits per heavy atom. The van der Waals surface area contributed by atoms with Crippen molar-refractivity contribution in [3.8, 4) is 0 Å². The van der Waals surface area contributed by atoms with Gasteiger partial charge in [0.25, 0.3) is 0 Å². The van der Waals surface area contributed by atoms with Crippen LogP contribution in [0.2, 0.25) is 5.02 Å². The molecule has 1 aromatic carbocycles. The number of hydrogen-bond donors (Lipinski definition) is 2. The number of carbonyl (C=O) groups excluding carboxylic acids is 2. The van der Waals surface area contributed by atoms with Crippen molar-refractivity contribution in [3.63, 3.8) is 0 Å². The molecule has 1 aromatic rings. The van der Waals surface area contributed by atoms with Crippen LogP contribution in [0.1, 0.15) is 17.3 Å². The number of piperazine rings is 1. The maximum atomic E-state index is 11.5. The summed E-state index contributed by atoms with van der Waals surface area (Å²) in [6.45, 7) is 1.68. The van der Waals surface area contributed by atoms with E-state index < -0.39 is 23.8 Å². The zero-order chi connectivity index (χ0) is 14.2. The molecule has 1 saturated heterocycles. The van der Waals surface area contributed by atoms with Crippen molar-refractivity contribution in [2.45, 2.75) is 13.0 Å². The Labute approximate surface area is 114 Å². The number of amides is 2. The third kappa shape index (κ3) is 2.53. The fourth-order valence-electron chi connectivity index (χ4n) is 1.89. The van der Waals surface area contributed by atoms with Gasteiger partial charge in [-0.2, -0.15) is 0 Å². The summed E-state index contributed by atoms with van der Waals surface area (Å²) in [6, 6.07) is 3.79. The fraction of sp³-hybridized carbons (Fsp3) is 0.250. The second-order valence-corrected chi connectivity index (χ2v) is 4.59. The van der Waals surface area contributed by atoms with Gasteiger partial charge in [-0.15, -0.1) is 0 Å². The molecule has 0 spiro atoms. The van der Waals surface area contributed by atoms with Gasteiger partial charge in [-0.1, -0.05) is 11.6 Å². The lowest BCUT2D eigenvalue weighted by Crippen LogP contribution is -2.57. The van der Waals surface area contributed by atoms with Gasteiger partial charge in [-0.3, -0.25) is 14.9 Å². The molecular weight excluding hydrogens is 272 g/mol. The van der Waals surface area contributed by atoms with Crippen LogP contribution in [0.15, 0.2) is 18.2 Å². The van der Waals surface area contributed by atoms with Gasteiger partial charge >= 0.3 is 5.97 Å². The van der Waals surface area contributed by atoms with E-state index in [1.165, 1.54) is 18.2 Å². The van der Waals surface area contributed by atoms with E-state index in [-0.39, 0.29) is 17.1 Å². The van der Waals surface area contributed by atoms with Crippen LogP contribution >= 0.6 is 11.6 Å². The van der Waals surface area contributed by atoms with Crippen LogP contribution in [0.3, 0.4) is 0 Å². The molecule has 1 atom stereocenters. The molecule has 1 unspecified atom stereocenters. The first-order valence-electron chi connectivity index (χ1n) is 5.53. The molecule has 2 amide bonds. The SMILES string of the molecule is CC1C(=O)NC(=O)CN1c1ccc(C(=O)O)c(Cl)c1. The van der Waals surface area contributed by atoms with E-state index in [1.54, 1.807) is 11.8 Å². The molecule has 1 fully saturated rings. The Kier molecular flexibility index (Phi) is 3.44. The van der Waals surface area contributed by atoms with Crippen LogP contribution < -0.4 is 10.2 Å². The summed E-state index contributed by atoms with van der Waals surface area (Å²) in [5.74, 6) is -1.92. The first-order chi connectivity index (χ1) is 8.90. The lowest BCUT2D eigenvalue weighted by molar-refractivity contribution is -0.132. The topological polar surface area (TPSA) is 86.7 Å². The smallest absolute Gasteiger partial charge is 0.337 e. The van der Waals surface area contributed by atoms with Crippen molar-refractivity contribution in [2.75, 3.05) is 11.4 Å². The van der Waals surface area contributed by atoms with E-state index in [1.807, 2.05) is 0 Å². The van der Waals surface area contributed by atoms with E-state index >= 15 is 0 Å². The Morgan fingerprint density at radius 3 is 2.74 bits per heavy atom. The number of hydrogen-bond acceptors (Lipinski definition) is 4. The van der Waals surface area contributed by atoms with Gasteiger partial charge in [0.05, 0.1) is 17.1 Å². The maximum Gasteiger partial charge on any atom is 0.337 e. The molecule has 0 bridgehead atoms. The molecule has 1 aliphatic heterocycles. The summed E-state index contributed by atoms with van der Waals surface area (Å²) in [7, 11) is 0. The number of halogens is 1.